The van der Waals surface area contributed by atoms with E-state index in [-0.39, 0.29) is 18.4 Å². The summed E-state index contributed by atoms with van der Waals surface area (Å²) >= 11 is 0. The minimum Gasteiger partial charge on any atom is -0.484 e. The lowest BCUT2D eigenvalue weighted by molar-refractivity contribution is -0.146. The molecule has 1 aliphatic heterocycles. The Kier molecular flexibility index (Phi) is 5.68. The van der Waals surface area contributed by atoms with Gasteiger partial charge in [0.15, 0.2) is 6.61 Å². The zero-order valence-electron chi connectivity index (χ0n) is 14.2. The monoisotopic (exact) mass is 356 g/mol. The van der Waals surface area contributed by atoms with E-state index in [4.69, 9.17) is 14.6 Å². The third kappa shape index (κ3) is 4.72. The van der Waals surface area contributed by atoms with Gasteiger partial charge < -0.3 is 19.5 Å². The van der Waals surface area contributed by atoms with Crippen LogP contribution in [0.5, 0.6) is 17.4 Å². The number of aromatic nitrogens is 1. The van der Waals surface area contributed by atoms with Crippen LogP contribution < -0.4 is 9.47 Å². The molecule has 2 heterocycles. The summed E-state index contributed by atoms with van der Waals surface area (Å²) in [6.45, 7) is 0.838. The van der Waals surface area contributed by atoms with Crippen molar-refractivity contribution < 1.29 is 24.2 Å². The highest BCUT2D eigenvalue weighted by Gasteiger charge is 2.27. The summed E-state index contributed by atoms with van der Waals surface area (Å²) < 4.78 is 11.1. The summed E-state index contributed by atoms with van der Waals surface area (Å²) in [5.41, 5.74) is 0. The maximum absolute atomic E-state index is 12.2. The summed E-state index contributed by atoms with van der Waals surface area (Å²) in [6, 6.07) is 12.3. The van der Waals surface area contributed by atoms with Crippen molar-refractivity contribution in [2.45, 2.75) is 12.8 Å². The van der Waals surface area contributed by atoms with Crippen molar-refractivity contribution in [3.63, 3.8) is 0 Å². The minimum absolute atomic E-state index is 0.0712. The van der Waals surface area contributed by atoms with Crippen molar-refractivity contribution >= 4 is 11.9 Å². The topological polar surface area (TPSA) is 89.0 Å². The van der Waals surface area contributed by atoms with Gasteiger partial charge in [-0.05, 0) is 43.2 Å². The average molecular weight is 356 g/mol. The molecule has 1 N–H and O–H groups in total. The molecule has 0 bridgehead atoms. The molecule has 0 spiro atoms. The highest BCUT2D eigenvalue weighted by Crippen LogP contribution is 2.22. The Bertz CT molecular complexity index is 740. The van der Waals surface area contributed by atoms with Crippen LogP contribution >= 0.6 is 0 Å². The molecule has 0 atom stereocenters. The fourth-order valence-electron chi connectivity index (χ4n) is 2.74. The van der Waals surface area contributed by atoms with Crippen LogP contribution in [0.1, 0.15) is 12.8 Å². The highest BCUT2D eigenvalue weighted by molar-refractivity contribution is 5.78. The summed E-state index contributed by atoms with van der Waals surface area (Å²) in [5.74, 6) is 0.405. The first kappa shape index (κ1) is 17.7. The number of nitrogens with zero attached hydrogens (tertiary/aromatic N) is 2. The predicted molar refractivity (Wildman–Crippen MR) is 93.2 cm³/mol. The number of hydrogen-bond donors (Lipinski definition) is 1. The Balaban J connectivity index is 1.46. The summed E-state index contributed by atoms with van der Waals surface area (Å²) in [6.07, 6.45) is 2.62. The molecule has 7 heteroatoms. The zero-order valence-corrected chi connectivity index (χ0v) is 14.2. The molecule has 2 aromatic rings. The lowest BCUT2D eigenvalue weighted by Crippen LogP contribution is -2.42. The number of carbonyl (C=O) groups excluding carboxylic acids is 1. The Morgan fingerprint density at radius 2 is 1.77 bits per heavy atom. The van der Waals surface area contributed by atoms with E-state index in [1.54, 1.807) is 41.4 Å². The zero-order chi connectivity index (χ0) is 18.4. The molecule has 26 heavy (non-hydrogen) atoms. The van der Waals surface area contributed by atoms with Crippen LogP contribution in [-0.2, 0) is 9.59 Å². The molecule has 7 nitrogen and oxygen atoms in total. The van der Waals surface area contributed by atoms with Gasteiger partial charge in [0.25, 0.3) is 5.91 Å². The number of carboxylic acid groups (broad SMARTS) is 1. The molecule has 1 amide bonds. The fourth-order valence-corrected chi connectivity index (χ4v) is 2.74. The maximum Gasteiger partial charge on any atom is 0.306 e. The third-order valence-electron chi connectivity index (χ3n) is 4.24. The lowest BCUT2D eigenvalue weighted by atomic mass is 9.97. The molecule has 0 aliphatic carbocycles. The Labute approximate surface area is 151 Å². The Morgan fingerprint density at radius 1 is 1.08 bits per heavy atom. The molecule has 136 valence electrons. The summed E-state index contributed by atoms with van der Waals surface area (Å²) in [7, 11) is 0. The number of amides is 1. The van der Waals surface area contributed by atoms with Gasteiger partial charge in [-0.3, -0.25) is 9.59 Å². The predicted octanol–water partition coefficient (Wildman–Crippen LogP) is 2.58. The van der Waals surface area contributed by atoms with E-state index in [1.165, 1.54) is 0 Å². The number of rotatable bonds is 6. The lowest BCUT2D eigenvalue weighted by Gasteiger charge is -2.30. The van der Waals surface area contributed by atoms with Crippen LogP contribution in [0.3, 0.4) is 0 Å². The van der Waals surface area contributed by atoms with Gasteiger partial charge >= 0.3 is 5.97 Å². The molecule has 1 aromatic heterocycles. The van der Waals surface area contributed by atoms with Crippen LogP contribution in [0.15, 0.2) is 48.7 Å². The second kappa shape index (κ2) is 8.33. The van der Waals surface area contributed by atoms with Gasteiger partial charge in [0.1, 0.15) is 11.5 Å². The normalized spacial score (nSPS) is 14.7. The van der Waals surface area contributed by atoms with E-state index in [1.807, 2.05) is 12.1 Å². The molecule has 1 fully saturated rings. The number of aliphatic carboxylic acids is 1. The van der Waals surface area contributed by atoms with Gasteiger partial charge in [-0.2, -0.15) is 0 Å². The van der Waals surface area contributed by atoms with E-state index in [0.717, 1.165) is 0 Å². The van der Waals surface area contributed by atoms with E-state index in [0.29, 0.717) is 43.3 Å². The number of benzene rings is 1. The molecular weight excluding hydrogens is 336 g/mol. The second-order valence-electron chi connectivity index (χ2n) is 6.02. The van der Waals surface area contributed by atoms with Gasteiger partial charge in [-0.25, -0.2) is 4.98 Å². The number of ether oxygens (including phenoxy) is 2. The molecular formula is C19H20N2O5. The van der Waals surface area contributed by atoms with Crippen molar-refractivity contribution in [1.82, 2.24) is 9.88 Å². The number of hydrogen-bond acceptors (Lipinski definition) is 5. The van der Waals surface area contributed by atoms with Gasteiger partial charge in [0, 0.05) is 25.4 Å². The number of piperidine rings is 1. The first-order valence-corrected chi connectivity index (χ1v) is 8.44. The van der Waals surface area contributed by atoms with Crippen molar-refractivity contribution in [3.8, 4) is 17.4 Å². The highest BCUT2D eigenvalue weighted by atomic mass is 16.5. The maximum atomic E-state index is 12.2. The second-order valence-corrected chi connectivity index (χ2v) is 6.02. The Hall–Kier alpha value is -3.09. The van der Waals surface area contributed by atoms with Crippen molar-refractivity contribution in [1.29, 1.82) is 0 Å². The fraction of sp³-hybridized carbons (Fsp3) is 0.316. The molecule has 1 saturated heterocycles. The van der Waals surface area contributed by atoms with Crippen molar-refractivity contribution in [2.75, 3.05) is 19.7 Å². The SMILES string of the molecule is O=C(O)C1CCN(C(=O)COc2ccc(Oc3ccccn3)cc2)CC1. The standard InChI is InChI=1S/C19H20N2O5/c22-18(21-11-8-14(9-12-21)19(23)24)13-25-15-4-6-16(7-5-15)26-17-3-1-2-10-20-17/h1-7,10,14H,8-9,11-13H2,(H,23,24). The van der Waals surface area contributed by atoms with Gasteiger partial charge in [0.2, 0.25) is 5.88 Å². The van der Waals surface area contributed by atoms with Crippen molar-refractivity contribution in [2.24, 2.45) is 5.92 Å². The third-order valence-corrected chi connectivity index (χ3v) is 4.24. The molecule has 0 unspecified atom stereocenters. The first-order valence-electron chi connectivity index (χ1n) is 8.44. The van der Waals surface area contributed by atoms with Crippen LogP contribution in [0.4, 0.5) is 0 Å². The van der Waals surface area contributed by atoms with Gasteiger partial charge in [-0.1, -0.05) is 6.07 Å². The van der Waals surface area contributed by atoms with Crippen LogP contribution in [0.2, 0.25) is 0 Å². The molecule has 0 radical (unpaired) electrons. The molecule has 3 rings (SSSR count). The average Bonchev–Trinajstić information content (AvgIpc) is 2.68. The van der Waals surface area contributed by atoms with E-state index in [2.05, 4.69) is 4.98 Å². The summed E-state index contributed by atoms with van der Waals surface area (Å²) in [4.78, 5) is 28.9. The van der Waals surface area contributed by atoms with Gasteiger partial charge in [0.05, 0.1) is 5.92 Å². The van der Waals surface area contributed by atoms with Crippen LogP contribution in [0, 0.1) is 5.92 Å². The number of likely N-dealkylation sites (tertiary alicyclic amines) is 1. The smallest absolute Gasteiger partial charge is 0.306 e. The molecule has 0 saturated carbocycles. The van der Waals surface area contributed by atoms with Crippen LogP contribution in [0.25, 0.3) is 0 Å². The van der Waals surface area contributed by atoms with Crippen LogP contribution in [-0.4, -0.2) is 46.6 Å². The molecule has 1 aromatic carbocycles. The van der Waals surface area contributed by atoms with Crippen molar-refractivity contribution in [3.05, 3.63) is 48.7 Å². The summed E-state index contributed by atoms with van der Waals surface area (Å²) in [5, 5.41) is 8.99. The van der Waals surface area contributed by atoms with E-state index < -0.39 is 5.97 Å². The minimum atomic E-state index is -0.790. The number of carbonyl (C=O) groups is 2. The largest absolute Gasteiger partial charge is 0.484 e. The number of carboxylic acids is 1. The molecule has 1 aliphatic rings. The van der Waals surface area contributed by atoms with Gasteiger partial charge in [-0.15, -0.1) is 0 Å². The quantitative estimate of drug-likeness (QED) is 0.856. The first-order chi connectivity index (χ1) is 12.6. The van der Waals surface area contributed by atoms with E-state index >= 15 is 0 Å². The number of pyridine rings is 1. The van der Waals surface area contributed by atoms with E-state index in [9.17, 15) is 9.59 Å². The Morgan fingerprint density at radius 3 is 2.38 bits per heavy atom.